The summed E-state index contributed by atoms with van der Waals surface area (Å²) >= 11 is 0. The molecule has 0 aliphatic heterocycles. The van der Waals surface area contributed by atoms with E-state index in [1.54, 1.807) is 13.0 Å². The largest absolute Gasteiger partial charge is 0.513 e. The number of aliphatic hydroxyl groups excluding tert-OH is 1. The summed E-state index contributed by atoms with van der Waals surface area (Å²) in [5, 5.41) is 9.25. The predicted octanol–water partition coefficient (Wildman–Crippen LogP) is 6.74. The van der Waals surface area contributed by atoms with Gasteiger partial charge in [-0.3, -0.25) is 0 Å². The van der Waals surface area contributed by atoms with Gasteiger partial charge in [-0.05, 0) is 81.7 Å². The average molecular weight is 359 g/mol. The SMILES string of the molecule is CC1=CC=C(C#CC2=CC(C(C)C)=C(C#C/C(C)=C/C=C(\C)O)CC2)CC1. The summed E-state index contributed by atoms with van der Waals surface area (Å²) < 4.78 is 0. The summed E-state index contributed by atoms with van der Waals surface area (Å²) in [5.41, 5.74) is 7.33. The van der Waals surface area contributed by atoms with Gasteiger partial charge in [0.15, 0.2) is 0 Å². The van der Waals surface area contributed by atoms with E-state index in [4.69, 9.17) is 0 Å². The molecule has 1 N–H and O–H groups in total. The van der Waals surface area contributed by atoms with Crippen LogP contribution in [0.4, 0.5) is 0 Å². The first kappa shape index (κ1) is 20.7. The van der Waals surface area contributed by atoms with E-state index in [2.05, 4.69) is 62.7 Å². The van der Waals surface area contributed by atoms with E-state index in [1.165, 1.54) is 27.9 Å². The summed E-state index contributed by atoms with van der Waals surface area (Å²) in [6.07, 6.45) is 14.2. The third-order valence-corrected chi connectivity index (χ3v) is 4.67. The molecule has 1 heteroatoms. The third kappa shape index (κ3) is 6.88. The van der Waals surface area contributed by atoms with Crippen molar-refractivity contribution in [2.45, 2.75) is 60.3 Å². The lowest BCUT2D eigenvalue weighted by atomic mass is 9.86. The Balaban J connectivity index is 2.24. The molecule has 0 aromatic rings. The molecule has 0 saturated carbocycles. The van der Waals surface area contributed by atoms with Crippen molar-refractivity contribution in [3.8, 4) is 23.7 Å². The van der Waals surface area contributed by atoms with Crippen LogP contribution in [-0.4, -0.2) is 5.11 Å². The van der Waals surface area contributed by atoms with E-state index < -0.39 is 0 Å². The molecule has 140 valence electrons. The maximum absolute atomic E-state index is 9.25. The highest BCUT2D eigenvalue weighted by Gasteiger charge is 2.14. The second kappa shape index (κ2) is 9.89. The molecule has 1 nitrogen and oxygen atoms in total. The summed E-state index contributed by atoms with van der Waals surface area (Å²) in [7, 11) is 0. The number of rotatable bonds is 2. The van der Waals surface area contributed by atoms with Crippen molar-refractivity contribution in [1.82, 2.24) is 0 Å². The van der Waals surface area contributed by atoms with Crippen LogP contribution in [0.2, 0.25) is 0 Å². The zero-order chi connectivity index (χ0) is 19.8. The monoisotopic (exact) mass is 358 g/mol. The number of hydrogen-bond acceptors (Lipinski definition) is 1. The van der Waals surface area contributed by atoms with Gasteiger partial charge in [0.2, 0.25) is 0 Å². The van der Waals surface area contributed by atoms with E-state index in [-0.39, 0.29) is 0 Å². The molecule has 2 rings (SSSR count). The maximum atomic E-state index is 9.25. The maximum Gasteiger partial charge on any atom is 0.0892 e. The smallest absolute Gasteiger partial charge is 0.0892 e. The van der Waals surface area contributed by atoms with Crippen LogP contribution >= 0.6 is 0 Å². The fraction of sp³-hybridized carbons (Fsp3) is 0.385. The molecule has 2 aliphatic rings. The Kier molecular flexibility index (Phi) is 7.57. The van der Waals surface area contributed by atoms with Crippen molar-refractivity contribution in [1.29, 1.82) is 0 Å². The van der Waals surface area contributed by atoms with Crippen LogP contribution in [0.3, 0.4) is 0 Å². The molecule has 27 heavy (non-hydrogen) atoms. The molecule has 0 unspecified atom stereocenters. The highest BCUT2D eigenvalue weighted by molar-refractivity contribution is 5.52. The molecule has 0 atom stereocenters. The van der Waals surface area contributed by atoms with Crippen molar-refractivity contribution >= 4 is 0 Å². The first-order chi connectivity index (χ1) is 12.8. The highest BCUT2D eigenvalue weighted by atomic mass is 16.3. The zero-order valence-corrected chi connectivity index (χ0v) is 17.2. The van der Waals surface area contributed by atoms with Gasteiger partial charge >= 0.3 is 0 Å². The van der Waals surface area contributed by atoms with E-state index >= 15 is 0 Å². The first-order valence-electron chi connectivity index (χ1n) is 9.73. The van der Waals surface area contributed by atoms with Crippen molar-refractivity contribution in [2.75, 3.05) is 0 Å². The van der Waals surface area contributed by atoms with E-state index in [0.29, 0.717) is 11.7 Å². The van der Waals surface area contributed by atoms with Gasteiger partial charge in [-0.1, -0.05) is 55.3 Å². The molecular weight excluding hydrogens is 328 g/mol. The van der Waals surface area contributed by atoms with Crippen LogP contribution in [-0.2, 0) is 0 Å². The molecule has 2 aliphatic carbocycles. The second-order valence-corrected chi connectivity index (χ2v) is 7.62. The minimum atomic E-state index is 0.292. The molecule has 0 amide bonds. The lowest BCUT2D eigenvalue weighted by Gasteiger charge is -2.17. The minimum absolute atomic E-state index is 0.292. The summed E-state index contributed by atoms with van der Waals surface area (Å²) in [4.78, 5) is 0. The van der Waals surface area contributed by atoms with Gasteiger partial charge in [-0.25, -0.2) is 0 Å². The van der Waals surface area contributed by atoms with Crippen LogP contribution in [0.5, 0.6) is 0 Å². The Bertz CT molecular complexity index is 883. The topological polar surface area (TPSA) is 20.2 Å². The average Bonchev–Trinajstić information content (AvgIpc) is 2.64. The van der Waals surface area contributed by atoms with Crippen LogP contribution in [0.15, 0.2) is 69.6 Å². The Labute approximate surface area is 165 Å². The lowest BCUT2D eigenvalue weighted by Crippen LogP contribution is -2.03. The molecular formula is C26H30O. The first-order valence-corrected chi connectivity index (χ1v) is 9.73. The molecule has 0 fully saturated rings. The van der Waals surface area contributed by atoms with Crippen molar-refractivity contribution < 1.29 is 5.11 Å². The van der Waals surface area contributed by atoms with Gasteiger partial charge in [0.25, 0.3) is 0 Å². The van der Waals surface area contributed by atoms with E-state index in [1.807, 2.05) is 13.0 Å². The van der Waals surface area contributed by atoms with Gasteiger partial charge in [0.1, 0.15) is 0 Å². The van der Waals surface area contributed by atoms with Crippen molar-refractivity contribution in [3.05, 3.63) is 69.6 Å². The Morgan fingerprint density at radius 3 is 2.30 bits per heavy atom. The minimum Gasteiger partial charge on any atom is -0.513 e. The standard InChI is InChI=1S/C26H30O/c1-19(2)26-18-24(14-13-23-11-7-21(4)8-12-23)15-17-25(26)16-9-20(3)6-10-22(5)27/h6-7,10-11,18-19,27H,8,12,15,17H2,1-5H3/b20-6+,22-10+. The summed E-state index contributed by atoms with van der Waals surface area (Å²) in [5.74, 6) is 14.0. The Morgan fingerprint density at radius 2 is 1.67 bits per heavy atom. The second-order valence-electron chi connectivity index (χ2n) is 7.62. The van der Waals surface area contributed by atoms with Crippen LogP contribution in [0.25, 0.3) is 0 Å². The van der Waals surface area contributed by atoms with Gasteiger partial charge in [-0.15, -0.1) is 0 Å². The van der Waals surface area contributed by atoms with E-state index in [0.717, 1.165) is 31.3 Å². The van der Waals surface area contributed by atoms with E-state index in [9.17, 15) is 5.11 Å². The molecule has 0 aromatic carbocycles. The van der Waals surface area contributed by atoms with Gasteiger partial charge in [-0.2, -0.15) is 0 Å². The van der Waals surface area contributed by atoms with Crippen LogP contribution in [0.1, 0.15) is 60.3 Å². The van der Waals surface area contributed by atoms with Crippen LogP contribution < -0.4 is 0 Å². The fourth-order valence-corrected chi connectivity index (χ4v) is 2.97. The molecule has 0 bridgehead atoms. The van der Waals surface area contributed by atoms with Gasteiger partial charge in [0, 0.05) is 16.7 Å². The van der Waals surface area contributed by atoms with Gasteiger partial charge < -0.3 is 5.11 Å². The summed E-state index contributed by atoms with van der Waals surface area (Å²) in [6.45, 7) is 10.2. The quantitative estimate of drug-likeness (QED) is 0.329. The normalized spacial score (nSPS) is 18.1. The zero-order valence-electron chi connectivity index (χ0n) is 17.2. The number of aliphatic hydroxyl groups is 1. The molecule has 0 spiro atoms. The Morgan fingerprint density at radius 1 is 0.963 bits per heavy atom. The molecule has 0 heterocycles. The fourth-order valence-electron chi connectivity index (χ4n) is 2.97. The van der Waals surface area contributed by atoms with Crippen molar-refractivity contribution in [2.24, 2.45) is 5.92 Å². The predicted molar refractivity (Wildman–Crippen MR) is 116 cm³/mol. The third-order valence-electron chi connectivity index (χ3n) is 4.67. The molecule has 0 radical (unpaired) electrons. The van der Waals surface area contributed by atoms with Gasteiger partial charge in [0.05, 0.1) is 5.76 Å². The number of allylic oxidation sites excluding steroid dienone is 12. The number of hydrogen-bond donors (Lipinski definition) is 1. The lowest BCUT2D eigenvalue weighted by molar-refractivity contribution is 0.414. The highest BCUT2D eigenvalue weighted by Crippen LogP contribution is 2.28. The van der Waals surface area contributed by atoms with Crippen LogP contribution in [0, 0.1) is 29.6 Å². The summed E-state index contributed by atoms with van der Waals surface area (Å²) in [6, 6.07) is 0. The molecule has 0 aromatic heterocycles. The van der Waals surface area contributed by atoms with Crippen molar-refractivity contribution in [3.63, 3.8) is 0 Å². The Hall–Kier alpha value is -2.64. The molecule has 0 saturated heterocycles.